The van der Waals surface area contributed by atoms with Crippen molar-refractivity contribution >= 4 is 5.69 Å². The Morgan fingerprint density at radius 3 is 2.60 bits per heavy atom. The van der Waals surface area contributed by atoms with Gasteiger partial charge in [-0.3, -0.25) is 0 Å². The van der Waals surface area contributed by atoms with Gasteiger partial charge in [0.2, 0.25) is 0 Å². The van der Waals surface area contributed by atoms with E-state index in [4.69, 9.17) is 5.26 Å². The van der Waals surface area contributed by atoms with Crippen LogP contribution in [0.5, 0.6) is 0 Å². The first-order valence-corrected chi connectivity index (χ1v) is 7.48. The highest BCUT2D eigenvalue weighted by Crippen LogP contribution is 2.43. The Morgan fingerprint density at radius 2 is 2.00 bits per heavy atom. The first-order chi connectivity index (χ1) is 9.53. The molecule has 2 nitrogen and oxygen atoms in total. The molecule has 1 aromatic carbocycles. The lowest BCUT2D eigenvalue weighted by atomic mass is 9.78. The molecule has 0 amide bonds. The predicted molar refractivity (Wildman–Crippen MR) is 80.0 cm³/mol. The first kappa shape index (κ1) is 14.8. The van der Waals surface area contributed by atoms with Crippen LogP contribution in [0.1, 0.15) is 51.5 Å². The largest absolute Gasteiger partial charge is 0.384 e. The molecule has 20 heavy (non-hydrogen) atoms. The molecule has 1 saturated carbocycles. The van der Waals surface area contributed by atoms with E-state index >= 15 is 0 Å². The number of halogens is 1. The zero-order valence-electron chi connectivity index (χ0n) is 12.4. The standard InChI is InChI=1S/C17H23FN2/c1-13(2)10-17(5-3-4-6-17)12-20-16-8-14(11-19)7-15(18)9-16/h7-9,13,20H,3-6,10,12H2,1-2H3. The molecule has 0 aromatic heterocycles. The van der Waals surface area contributed by atoms with Crippen LogP contribution in [-0.4, -0.2) is 6.54 Å². The molecule has 0 saturated heterocycles. The average Bonchev–Trinajstić information content (AvgIpc) is 2.84. The minimum atomic E-state index is -0.351. The summed E-state index contributed by atoms with van der Waals surface area (Å²) in [5.74, 6) is 0.327. The Bertz CT molecular complexity index is 496. The highest BCUT2D eigenvalue weighted by Gasteiger charge is 2.34. The van der Waals surface area contributed by atoms with Crippen LogP contribution in [0.4, 0.5) is 10.1 Å². The van der Waals surface area contributed by atoms with Crippen molar-refractivity contribution in [1.29, 1.82) is 5.26 Å². The molecule has 1 aromatic rings. The molecule has 0 spiro atoms. The second-order valence-corrected chi connectivity index (χ2v) is 6.50. The zero-order chi connectivity index (χ0) is 14.6. The summed E-state index contributed by atoms with van der Waals surface area (Å²) < 4.78 is 13.4. The fourth-order valence-electron chi connectivity index (χ4n) is 3.49. The second kappa shape index (κ2) is 6.26. The molecule has 1 fully saturated rings. The van der Waals surface area contributed by atoms with E-state index in [1.54, 1.807) is 6.07 Å². The summed E-state index contributed by atoms with van der Waals surface area (Å²) >= 11 is 0. The number of benzene rings is 1. The minimum Gasteiger partial charge on any atom is -0.384 e. The Kier molecular flexibility index (Phi) is 4.65. The van der Waals surface area contributed by atoms with Gasteiger partial charge in [-0.25, -0.2) is 4.39 Å². The number of rotatable bonds is 5. The van der Waals surface area contributed by atoms with Gasteiger partial charge in [-0.15, -0.1) is 0 Å². The Labute approximate surface area is 121 Å². The van der Waals surface area contributed by atoms with Gasteiger partial charge in [-0.2, -0.15) is 5.26 Å². The molecule has 0 unspecified atom stereocenters. The van der Waals surface area contributed by atoms with E-state index in [2.05, 4.69) is 19.2 Å². The molecule has 1 N–H and O–H groups in total. The highest BCUT2D eigenvalue weighted by atomic mass is 19.1. The van der Waals surface area contributed by atoms with Crippen molar-refractivity contribution < 1.29 is 4.39 Å². The van der Waals surface area contributed by atoms with Gasteiger partial charge in [0.25, 0.3) is 0 Å². The van der Waals surface area contributed by atoms with Gasteiger partial charge < -0.3 is 5.32 Å². The average molecular weight is 274 g/mol. The van der Waals surface area contributed by atoms with E-state index in [9.17, 15) is 4.39 Å². The van der Waals surface area contributed by atoms with Crippen molar-refractivity contribution in [2.45, 2.75) is 46.0 Å². The van der Waals surface area contributed by atoms with Crippen LogP contribution in [0.2, 0.25) is 0 Å². The van der Waals surface area contributed by atoms with E-state index in [1.807, 2.05) is 6.07 Å². The summed E-state index contributed by atoms with van der Waals surface area (Å²) in [7, 11) is 0. The topological polar surface area (TPSA) is 35.8 Å². The van der Waals surface area contributed by atoms with Crippen LogP contribution in [0, 0.1) is 28.5 Å². The molecule has 0 radical (unpaired) electrons. The van der Waals surface area contributed by atoms with Crippen molar-refractivity contribution in [3.63, 3.8) is 0 Å². The molecule has 0 bridgehead atoms. The van der Waals surface area contributed by atoms with Gasteiger partial charge in [0.15, 0.2) is 0 Å². The minimum absolute atomic E-state index is 0.341. The highest BCUT2D eigenvalue weighted by molar-refractivity contribution is 5.49. The normalized spacial score (nSPS) is 17.1. The van der Waals surface area contributed by atoms with Crippen molar-refractivity contribution in [1.82, 2.24) is 0 Å². The number of hydrogen-bond acceptors (Lipinski definition) is 2. The number of nitrogens with one attached hydrogen (secondary N) is 1. The number of nitriles is 1. The van der Waals surface area contributed by atoms with Crippen molar-refractivity contribution in [3.05, 3.63) is 29.6 Å². The van der Waals surface area contributed by atoms with Crippen LogP contribution in [0.25, 0.3) is 0 Å². The van der Waals surface area contributed by atoms with Gasteiger partial charge in [0.05, 0.1) is 11.6 Å². The van der Waals surface area contributed by atoms with Crippen LogP contribution in [-0.2, 0) is 0 Å². The SMILES string of the molecule is CC(C)CC1(CNc2cc(F)cc(C#N)c2)CCCC1. The summed E-state index contributed by atoms with van der Waals surface area (Å²) in [4.78, 5) is 0. The molecule has 0 heterocycles. The quantitative estimate of drug-likeness (QED) is 0.843. The molecule has 0 aliphatic heterocycles. The maximum Gasteiger partial charge on any atom is 0.126 e. The van der Waals surface area contributed by atoms with E-state index in [0.717, 1.165) is 12.2 Å². The van der Waals surface area contributed by atoms with Crippen LogP contribution < -0.4 is 5.32 Å². The monoisotopic (exact) mass is 274 g/mol. The Hall–Kier alpha value is -1.56. The second-order valence-electron chi connectivity index (χ2n) is 6.50. The smallest absolute Gasteiger partial charge is 0.126 e. The third-order valence-corrected chi connectivity index (χ3v) is 4.20. The lowest BCUT2D eigenvalue weighted by molar-refractivity contribution is 0.252. The van der Waals surface area contributed by atoms with Gasteiger partial charge in [0.1, 0.15) is 5.82 Å². The molecule has 108 valence electrons. The maximum absolute atomic E-state index is 13.4. The maximum atomic E-state index is 13.4. The van der Waals surface area contributed by atoms with Crippen LogP contribution in [0.15, 0.2) is 18.2 Å². The number of anilines is 1. The summed E-state index contributed by atoms with van der Waals surface area (Å²) in [6.07, 6.45) is 6.29. The lowest BCUT2D eigenvalue weighted by Crippen LogP contribution is -2.28. The summed E-state index contributed by atoms with van der Waals surface area (Å²) in [5, 5.41) is 12.2. The third kappa shape index (κ3) is 3.72. The Balaban J connectivity index is 2.06. The van der Waals surface area contributed by atoms with E-state index in [1.165, 1.54) is 44.2 Å². The van der Waals surface area contributed by atoms with Gasteiger partial charge in [0, 0.05) is 12.2 Å². The van der Waals surface area contributed by atoms with Crippen LogP contribution >= 0.6 is 0 Å². The lowest BCUT2D eigenvalue weighted by Gasteiger charge is -2.31. The van der Waals surface area contributed by atoms with Gasteiger partial charge in [-0.05, 0) is 48.8 Å². The Morgan fingerprint density at radius 1 is 1.30 bits per heavy atom. The molecule has 3 heteroatoms. The third-order valence-electron chi connectivity index (χ3n) is 4.20. The fraction of sp³-hybridized carbons (Fsp3) is 0.588. The molecule has 1 aliphatic rings. The van der Waals surface area contributed by atoms with Gasteiger partial charge in [-0.1, -0.05) is 26.7 Å². The predicted octanol–water partition coefficient (Wildman–Crippen LogP) is 4.72. The van der Waals surface area contributed by atoms with Crippen molar-refractivity contribution in [3.8, 4) is 6.07 Å². The number of hydrogen-bond donors (Lipinski definition) is 1. The van der Waals surface area contributed by atoms with Gasteiger partial charge >= 0.3 is 0 Å². The first-order valence-electron chi connectivity index (χ1n) is 7.48. The molecular weight excluding hydrogens is 251 g/mol. The van der Waals surface area contributed by atoms with Crippen LogP contribution in [0.3, 0.4) is 0 Å². The molecular formula is C17H23FN2. The van der Waals surface area contributed by atoms with E-state index in [0.29, 0.717) is 16.9 Å². The summed E-state index contributed by atoms with van der Waals surface area (Å²) in [5.41, 5.74) is 1.43. The molecule has 0 atom stereocenters. The number of nitrogens with zero attached hydrogens (tertiary/aromatic N) is 1. The summed E-state index contributed by atoms with van der Waals surface area (Å²) in [6, 6.07) is 6.46. The zero-order valence-corrected chi connectivity index (χ0v) is 12.4. The van der Waals surface area contributed by atoms with Crippen molar-refractivity contribution in [2.24, 2.45) is 11.3 Å². The summed E-state index contributed by atoms with van der Waals surface area (Å²) in [6.45, 7) is 5.39. The van der Waals surface area contributed by atoms with Crippen molar-refractivity contribution in [2.75, 3.05) is 11.9 Å². The molecule has 1 aliphatic carbocycles. The fourth-order valence-corrected chi connectivity index (χ4v) is 3.49. The molecule has 2 rings (SSSR count). The van der Waals surface area contributed by atoms with E-state index < -0.39 is 0 Å². The van der Waals surface area contributed by atoms with E-state index in [-0.39, 0.29) is 5.82 Å².